The Morgan fingerprint density at radius 2 is 1.65 bits per heavy atom. The van der Waals surface area contributed by atoms with E-state index < -0.39 is 0 Å². The maximum atomic E-state index is 6.31. The lowest BCUT2D eigenvalue weighted by Gasteiger charge is -2.41. The largest absolute Gasteiger partial charge is 0.324 e. The number of hydrogen-bond acceptors (Lipinski definition) is 2. The summed E-state index contributed by atoms with van der Waals surface area (Å²) in [5, 5.41) is 0. The van der Waals surface area contributed by atoms with Gasteiger partial charge in [0.1, 0.15) is 0 Å². The zero-order valence-corrected chi connectivity index (χ0v) is 13.1. The molecule has 2 aliphatic rings. The summed E-state index contributed by atoms with van der Waals surface area (Å²) in [6.45, 7) is 9.61. The Balaban J connectivity index is 1.71. The molecule has 2 atom stereocenters. The summed E-state index contributed by atoms with van der Waals surface area (Å²) in [5.74, 6) is 0.865. The fourth-order valence-corrected chi connectivity index (χ4v) is 4.07. The normalized spacial score (nSPS) is 28.6. The molecule has 0 aromatic heterocycles. The van der Waals surface area contributed by atoms with Gasteiger partial charge in [0.05, 0.1) is 0 Å². The lowest BCUT2D eigenvalue weighted by Crippen LogP contribution is -2.39. The van der Waals surface area contributed by atoms with Gasteiger partial charge in [-0.15, -0.1) is 0 Å². The minimum atomic E-state index is 0.233. The van der Waals surface area contributed by atoms with Crippen molar-refractivity contribution in [3.05, 3.63) is 35.4 Å². The summed E-state index contributed by atoms with van der Waals surface area (Å²) in [4.78, 5) is 2.67. The smallest absolute Gasteiger partial charge is 0.0369 e. The van der Waals surface area contributed by atoms with E-state index in [4.69, 9.17) is 5.73 Å². The predicted molar refractivity (Wildman–Crippen MR) is 84.5 cm³/mol. The van der Waals surface area contributed by atoms with Crippen molar-refractivity contribution in [3.8, 4) is 0 Å². The van der Waals surface area contributed by atoms with Crippen molar-refractivity contribution in [2.24, 2.45) is 17.1 Å². The maximum absolute atomic E-state index is 6.31. The standard InChI is InChI=1S/C18H28N2/c1-18(2,3)13-8-10-20(11-9-13)17-12-16(19)14-6-4-5-7-15(14)17/h4-7,13,16-17H,8-12,19H2,1-3H3. The van der Waals surface area contributed by atoms with Gasteiger partial charge in [-0.05, 0) is 54.8 Å². The van der Waals surface area contributed by atoms with E-state index in [0.717, 1.165) is 12.3 Å². The molecular weight excluding hydrogens is 244 g/mol. The lowest BCUT2D eigenvalue weighted by atomic mass is 9.75. The Morgan fingerprint density at radius 3 is 2.25 bits per heavy atom. The quantitative estimate of drug-likeness (QED) is 0.840. The monoisotopic (exact) mass is 272 g/mol. The van der Waals surface area contributed by atoms with E-state index in [1.54, 1.807) is 0 Å². The molecule has 1 fully saturated rings. The molecule has 0 radical (unpaired) electrons. The molecular formula is C18H28N2. The second-order valence-corrected chi connectivity index (χ2v) is 7.66. The molecule has 1 aromatic rings. The van der Waals surface area contributed by atoms with Crippen molar-refractivity contribution in [1.82, 2.24) is 4.90 Å². The highest BCUT2D eigenvalue weighted by Crippen LogP contribution is 2.43. The third-order valence-electron chi connectivity index (χ3n) is 5.43. The van der Waals surface area contributed by atoms with E-state index in [-0.39, 0.29) is 6.04 Å². The van der Waals surface area contributed by atoms with Crippen LogP contribution in [0.25, 0.3) is 0 Å². The Kier molecular flexibility index (Phi) is 3.64. The number of likely N-dealkylation sites (tertiary alicyclic amines) is 1. The number of benzene rings is 1. The fraction of sp³-hybridized carbons (Fsp3) is 0.667. The van der Waals surface area contributed by atoms with Crippen LogP contribution in [-0.4, -0.2) is 18.0 Å². The van der Waals surface area contributed by atoms with E-state index in [2.05, 4.69) is 49.9 Å². The van der Waals surface area contributed by atoms with E-state index >= 15 is 0 Å². The molecule has 3 rings (SSSR count). The third-order valence-corrected chi connectivity index (χ3v) is 5.43. The van der Waals surface area contributed by atoms with E-state index in [0.29, 0.717) is 11.5 Å². The van der Waals surface area contributed by atoms with Crippen LogP contribution in [0.1, 0.15) is 63.2 Å². The zero-order valence-electron chi connectivity index (χ0n) is 13.1. The first kappa shape index (κ1) is 14.1. The number of rotatable bonds is 1. The van der Waals surface area contributed by atoms with Crippen LogP contribution in [0.3, 0.4) is 0 Å². The van der Waals surface area contributed by atoms with E-state index in [1.807, 2.05) is 0 Å². The average Bonchev–Trinajstić information content (AvgIpc) is 2.76. The number of hydrogen-bond donors (Lipinski definition) is 1. The molecule has 20 heavy (non-hydrogen) atoms. The highest BCUT2D eigenvalue weighted by molar-refractivity contribution is 5.37. The summed E-state index contributed by atoms with van der Waals surface area (Å²) in [6, 6.07) is 9.56. The van der Waals surface area contributed by atoms with Gasteiger partial charge in [0.25, 0.3) is 0 Å². The summed E-state index contributed by atoms with van der Waals surface area (Å²) in [6.07, 6.45) is 3.76. The van der Waals surface area contributed by atoms with Gasteiger partial charge in [-0.1, -0.05) is 45.0 Å². The van der Waals surface area contributed by atoms with Gasteiger partial charge < -0.3 is 5.73 Å². The number of piperidine rings is 1. The van der Waals surface area contributed by atoms with Crippen molar-refractivity contribution in [1.29, 1.82) is 0 Å². The van der Waals surface area contributed by atoms with Crippen LogP contribution in [0.2, 0.25) is 0 Å². The van der Waals surface area contributed by atoms with Gasteiger partial charge in [-0.3, -0.25) is 4.90 Å². The van der Waals surface area contributed by atoms with E-state index in [9.17, 15) is 0 Å². The van der Waals surface area contributed by atoms with Crippen LogP contribution in [0.4, 0.5) is 0 Å². The molecule has 2 unspecified atom stereocenters. The second kappa shape index (κ2) is 5.16. The molecule has 0 saturated carbocycles. The lowest BCUT2D eigenvalue weighted by molar-refractivity contribution is 0.0810. The van der Waals surface area contributed by atoms with Crippen LogP contribution in [0.5, 0.6) is 0 Å². The van der Waals surface area contributed by atoms with Crippen LogP contribution in [0, 0.1) is 11.3 Å². The SMILES string of the molecule is CC(C)(C)C1CCN(C2CC(N)c3ccccc32)CC1. The first-order valence-corrected chi connectivity index (χ1v) is 8.05. The molecule has 0 spiro atoms. The van der Waals surface area contributed by atoms with Crippen molar-refractivity contribution in [2.75, 3.05) is 13.1 Å². The first-order chi connectivity index (χ1) is 9.47. The topological polar surface area (TPSA) is 29.3 Å². The van der Waals surface area contributed by atoms with Crippen molar-refractivity contribution < 1.29 is 0 Å². The zero-order chi connectivity index (χ0) is 14.3. The molecule has 110 valence electrons. The number of nitrogens with two attached hydrogens (primary N) is 1. The van der Waals surface area contributed by atoms with Crippen LogP contribution < -0.4 is 5.73 Å². The summed E-state index contributed by atoms with van der Waals surface area (Å²) in [7, 11) is 0. The number of fused-ring (bicyclic) bond motifs is 1. The Bertz CT molecular complexity index is 467. The van der Waals surface area contributed by atoms with Crippen molar-refractivity contribution in [2.45, 2.75) is 52.1 Å². The van der Waals surface area contributed by atoms with Crippen molar-refractivity contribution in [3.63, 3.8) is 0 Å². The molecule has 2 nitrogen and oxygen atoms in total. The van der Waals surface area contributed by atoms with E-state index in [1.165, 1.54) is 37.1 Å². The summed E-state index contributed by atoms with van der Waals surface area (Å²) < 4.78 is 0. The average molecular weight is 272 g/mol. The highest BCUT2D eigenvalue weighted by atomic mass is 15.2. The summed E-state index contributed by atoms with van der Waals surface area (Å²) in [5.41, 5.74) is 9.62. The summed E-state index contributed by atoms with van der Waals surface area (Å²) >= 11 is 0. The van der Waals surface area contributed by atoms with Gasteiger partial charge in [0, 0.05) is 12.1 Å². The minimum absolute atomic E-state index is 0.233. The predicted octanol–water partition coefficient (Wildman–Crippen LogP) is 3.89. The number of nitrogens with zero attached hydrogens (tertiary/aromatic N) is 1. The first-order valence-electron chi connectivity index (χ1n) is 8.05. The molecule has 0 amide bonds. The van der Waals surface area contributed by atoms with Gasteiger partial charge in [-0.25, -0.2) is 0 Å². The Labute approximate surface area is 123 Å². The Morgan fingerprint density at radius 1 is 1.05 bits per heavy atom. The molecule has 2 N–H and O–H groups in total. The van der Waals surface area contributed by atoms with Gasteiger partial charge >= 0.3 is 0 Å². The van der Waals surface area contributed by atoms with Gasteiger partial charge in [0.15, 0.2) is 0 Å². The molecule has 1 aliphatic carbocycles. The molecule has 1 heterocycles. The molecule has 2 heteroatoms. The third kappa shape index (κ3) is 2.51. The molecule has 1 aliphatic heterocycles. The highest BCUT2D eigenvalue weighted by Gasteiger charge is 2.36. The Hall–Kier alpha value is -0.860. The van der Waals surface area contributed by atoms with Crippen LogP contribution >= 0.6 is 0 Å². The fourth-order valence-electron chi connectivity index (χ4n) is 4.07. The molecule has 1 saturated heterocycles. The van der Waals surface area contributed by atoms with Crippen molar-refractivity contribution >= 4 is 0 Å². The second-order valence-electron chi connectivity index (χ2n) is 7.66. The van der Waals surface area contributed by atoms with Gasteiger partial charge in [0.2, 0.25) is 0 Å². The minimum Gasteiger partial charge on any atom is -0.324 e. The maximum Gasteiger partial charge on any atom is 0.0369 e. The van der Waals surface area contributed by atoms with Gasteiger partial charge in [-0.2, -0.15) is 0 Å². The molecule has 0 bridgehead atoms. The molecule has 1 aromatic carbocycles. The van der Waals surface area contributed by atoms with Crippen LogP contribution in [-0.2, 0) is 0 Å². The van der Waals surface area contributed by atoms with Crippen LogP contribution in [0.15, 0.2) is 24.3 Å².